The highest BCUT2D eigenvalue weighted by molar-refractivity contribution is 5.89. The molecule has 2 aromatic heterocycles. The van der Waals surface area contributed by atoms with Gasteiger partial charge in [-0.15, -0.1) is 0 Å². The summed E-state index contributed by atoms with van der Waals surface area (Å²) in [5.74, 6) is 1.88. The molecule has 2 N–H and O–H groups in total. The van der Waals surface area contributed by atoms with E-state index in [1.54, 1.807) is 13.3 Å². The van der Waals surface area contributed by atoms with Crippen molar-refractivity contribution in [1.29, 1.82) is 0 Å². The Morgan fingerprint density at radius 2 is 1.74 bits per heavy atom. The zero-order chi connectivity index (χ0) is 24.2. The summed E-state index contributed by atoms with van der Waals surface area (Å²) in [4.78, 5) is 26.2. The monoisotopic (exact) mass is 467 g/mol. The number of urea groups is 1. The molecule has 35 heavy (non-hydrogen) atoms. The minimum atomic E-state index is -0.254. The number of methoxy groups -OCH3 is 1. The Morgan fingerprint density at radius 1 is 0.943 bits per heavy atom. The maximum atomic E-state index is 12.5. The smallest absolute Gasteiger partial charge is 0.320 e. The van der Waals surface area contributed by atoms with E-state index in [0.29, 0.717) is 17.0 Å². The molecule has 178 valence electrons. The lowest BCUT2D eigenvalue weighted by atomic mass is 9.87. The van der Waals surface area contributed by atoms with Crippen LogP contribution in [-0.2, 0) is 0 Å². The van der Waals surface area contributed by atoms with Gasteiger partial charge < -0.3 is 10.1 Å². The summed E-state index contributed by atoms with van der Waals surface area (Å²) in [6.07, 6.45) is 5.86. The van der Waals surface area contributed by atoms with Gasteiger partial charge in [0.25, 0.3) is 0 Å². The Kier molecular flexibility index (Phi) is 6.57. The van der Waals surface area contributed by atoms with Crippen molar-refractivity contribution in [3.05, 3.63) is 66.9 Å². The summed E-state index contributed by atoms with van der Waals surface area (Å²) in [5, 5.41) is 5.86. The average Bonchev–Trinajstić information content (AvgIpc) is 2.89. The number of pyridine rings is 1. The highest BCUT2D eigenvalue weighted by atomic mass is 16.5. The molecule has 2 amide bonds. The molecule has 7 heteroatoms. The molecule has 2 heterocycles. The highest BCUT2D eigenvalue weighted by Crippen LogP contribution is 2.34. The van der Waals surface area contributed by atoms with Gasteiger partial charge in [0.05, 0.1) is 19.0 Å². The first-order valence-corrected chi connectivity index (χ1v) is 12.0. The Hall–Kier alpha value is -4.00. The van der Waals surface area contributed by atoms with E-state index in [-0.39, 0.29) is 12.1 Å². The quantitative estimate of drug-likeness (QED) is 0.372. The first kappa shape index (κ1) is 22.8. The van der Waals surface area contributed by atoms with Crippen LogP contribution in [-0.4, -0.2) is 34.1 Å². The Bertz CT molecular complexity index is 1330. The van der Waals surface area contributed by atoms with Crippen molar-refractivity contribution in [2.24, 2.45) is 5.92 Å². The number of carbonyl (C=O) groups excluding carboxylic acids is 1. The Morgan fingerprint density at radius 3 is 2.51 bits per heavy atom. The third kappa shape index (κ3) is 5.24. The number of amides is 2. The lowest BCUT2D eigenvalue weighted by molar-refractivity contribution is 0.239. The number of nitrogens with one attached hydrogen (secondary N) is 2. The first-order chi connectivity index (χ1) is 17.1. The zero-order valence-corrected chi connectivity index (χ0v) is 20.0. The van der Waals surface area contributed by atoms with E-state index in [2.05, 4.69) is 39.7 Å². The number of ether oxygens (including phenoxy) is 1. The molecule has 0 unspecified atom stereocenters. The van der Waals surface area contributed by atoms with Gasteiger partial charge in [-0.3, -0.25) is 5.32 Å². The van der Waals surface area contributed by atoms with Crippen LogP contribution in [0.4, 0.5) is 10.6 Å². The number of hydrogen-bond donors (Lipinski definition) is 2. The highest BCUT2D eigenvalue weighted by Gasteiger charge is 2.20. The van der Waals surface area contributed by atoms with Crippen molar-refractivity contribution in [3.63, 3.8) is 0 Å². The number of carbonyl (C=O) groups is 1. The van der Waals surface area contributed by atoms with Gasteiger partial charge in [0.15, 0.2) is 11.5 Å². The maximum absolute atomic E-state index is 12.5. The van der Waals surface area contributed by atoms with Crippen molar-refractivity contribution in [2.45, 2.75) is 38.6 Å². The first-order valence-electron chi connectivity index (χ1n) is 12.0. The standard InChI is InChI=1S/C28H29N5O2/c1-18-8-11-21(12-9-18)30-28(34)33-26-17-29-24-15-14-23(31-27(24)32-26)20-10-13-22(25(16-20)35-2)19-6-4-3-5-7-19/h3-7,10,13-18,21H,8-9,11-12H2,1-2H3,(H2,30,31,32,33,34). The van der Waals surface area contributed by atoms with Gasteiger partial charge >= 0.3 is 6.03 Å². The molecule has 4 aromatic rings. The molecule has 1 aliphatic carbocycles. The average molecular weight is 468 g/mol. The molecule has 0 spiro atoms. The lowest BCUT2D eigenvalue weighted by Gasteiger charge is -2.26. The van der Waals surface area contributed by atoms with Crippen LogP contribution in [0.3, 0.4) is 0 Å². The van der Waals surface area contributed by atoms with Crippen LogP contribution in [0.2, 0.25) is 0 Å². The zero-order valence-electron chi connectivity index (χ0n) is 20.0. The van der Waals surface area contributed by atoms with E-state index in [9.17, 15) is 4.79 Å². The fraction of sp³-hybridized carbons (Fsp3) is 0.286. The molecule has 0 bridgehead atoms. The van der Waals surface area contributed by atoms with Crippen molar-refractivity contribution in [1.82, 2.24) is 20.3 Å². The number of anilines is 1. The Balaban J connectivity index is 1.36. The molecule has 1 saturated carbocycles. The van der Waals surface area contributed by atoms with E-state index in [4.69, 9.17) is 9.72 Å². The number of fused-ring (bicyclic) bond motifs is 1. The second kappa shape index (κ2) is 10.1. The molecule has 0 saturated heterocycles. The summed E-state index contributed by atoms with van der Waals surface area (Å²) in [6, 6.07) is 19.9. The lowest BCUT2D eigenvalue weighted by Crippen LogP contribution is -2.40. The van der Waals surface area contributed by atoms with Gasteiger partial charge in [-0.1, -0.05) is 43.3 Å². The predicted octanol–water partition coefficient (Wildman–Crippen LogP) is 6.07. The molecule has 0 atom stereocenters. The van der Waals surface area contributed by atoms with Gasteiger partial charge in [0, 0.05) is 17.2 Å². The number of benzene rings is 2. The van der Waals surface area contributed by atoms with Crippen molar-refractivity contribution in [2.75, 3.05) is 12.4 Å². The van der Waals surface area contributed by atoms with Crippen LogP contribution in [0.25, 0.3) is 33.5 Å². The molecular formula is C28H29N5O2. The second-order valence-corrected chi connectivity index (χ2v) is 9.13. The molecule has 0 aliphatic heterocycles. The summed E-state index contributed by atoms with van der Waals surface area (Å²) in [5.41, 5.74) is 4.90. The van der Waals surface area contributed by atoms with Gasteiger partial charge in [-0.05, 0) is 61.4 Å². The van der Waals surface area contributed by atoms with Gasteiger partial charge in [-0.25, -0.2) is 19.7 Å². The van der Waals surface area contributed by atoms with Crippen LogP contribution in [0.5, 0.6) is 5.75 Å². The molecule has 0 radical (unpaired) electrons. The van der Waals surface area contributed by atoms with E-state index >= 15 is 0 Å². The normalized spacial score (nSPS) is 17.7. The number of nitrogens with zero attached hydrogens (tertiary/aromatic N) is 3. The predicted molar refractivity (Wildman–Crippen MR) is 138 cm³/mol. The van der Waals surface area contributed by atoms with Crippen LogP contribution in [0.15, 0.2) is 66.9 Å². The van der Waals surface area contributed by atoms with Gasteiger partial charge in [0.1, 0.15) is 11.3 Å². The largest absolute Gasteiger partial charge is 0.496 e. The molecular weight excluding hydrogens is 438 g/mol. The molecule has 1 fully saturated rings. The van der Waals surface area contributed by atoms with Gasteiger partial charge in [0.2, 0.25) is 0 Å². The minimum absolute atomic E-state index is 0.207. The number of aromatic nitrogens is 3. The summed E-state index contributed by atoms with van der Waals surface area (Å²) >= 11 is 0. The van der Waals surface area contributed by atoms with E-state index in [1.165, 1.54) is 0 Å². The topological polar surface area (TPSA) is 89.0 Å². The SMILES string of the molecule is COc1cc(-c2ccc3ncc(NC(=O)NC4CCC(C)CC4)nc3n2)ccc1-c1ccccc1. The maximum Gasteiger partial charge on any atom is 0.320 e. The van der Waals surface area contributed by atoms with Crippen LogP contribution >= 0.6 is 0 Å². The Labute approximate surface area is 205 Å². The second-order valence-electron chi connectivity index (χ2n) is 9.13. The molecule has 2 aromatic carbocycles. The number of rotatable bonds is 5. The van der Waals surface area contributed by atoms with E-state index in [1.807, 2.05) is 48.5 Å². The third-order valence-electron chi connectivity index (χ3n) is 6.58. The molecule has 7 nitrogen and oxygen atoms in total. The van der Waals surface area contributed by atoms with Crippen molar-refractivity contribution in [3.8, 4) is 28.1 Å². The van der Waals surface area contributed by atoms with E-state index < -0.39 is 0 Å². The molecule has 1 aliphatic rings. The van der Waals surface area contributed by atoms with Gasteiger partial charge in [-0.2, -0.15) is 0 Å². The van der Waals surface area contributed by atoms with E-state index in [0.717, 1.165) is 59.7 Å². The van der Waals surface area contributed by atoms with Crippen molar-refractivity contribution >= 4 is 23.0 Å². The third-order valence-corrected chi connectivity index (χ3v) is 6.58. The minimum Gasteiger partial charge on any atom is -0.496 e. The fourth-order valence-corrected chi connectivity index (χ4v) is 4.57. The number of hydrogen-bond acceptors (Lipinski definition) is 5. The molecule has 5 rings (SSSR count). The summed E-state index contributed by atoms with van der Waals surface area (Å²) < 4.78 is 5.67. The van der Waals surface area contributed by atoms with Crippen LogP contribution in [0, 0.1) is 5.92 Å². The summed E-state index contributed by atoms with van der Waals surface area (Å²) in [7, 11) is 1.67. The fourth-order valence-electron chi connectivity index (χ4n) is 4.57. The van der Waals surface area contributed by atoms with Crippen molar-refractivity contribution < 1.29 is 9.53 Å². The van der Waals surface area contributed by atoms with Crippen LogP contribution in [0.1, 0.15) is 32.6 Å². The van der Waals surface area contributed by atoms with Crippen LogP contribution < -0.4 is 15.4 Å². The summed E-state index contributed by atoms with van der Waals surface area (Å²) in [6.45, 7) is 2.26.